The van der Waals surface area contributed by atoms with Crippen LogP contribution in [0, 0.1) is 0 Å². The molecular formula is C15H19NO3. The van der Waals surface area contributed by atoms with E-state index in [2.05, 4.69) is 11.9 Å². The Kier molecular flexibility index (Phi) is 2.97. The summed E-state index contributed by atoms with van der Waals surface area (Å²) in [6, 6.07) is 7.62. The second-order valence-electron chi connectivity index (χ2n) is 5.70. The van der Waals surface area contributed by atoms with Gasteiger partial charge in [0.25, 0.3) is 0 Å². The minimum atomic E-state index is -0.722. The van der Waals surface area contributed by atoms with Crippen molar-refractivity contribution in [2.45, 2.75) is 30.8 Å². The van der Waals surface area contributed by atoms with Crippen LogP contribution in [0.1, 0.15) is 24.8 Å². The number of rotatable bonds is 4. The van der Waals surface area contributed by atoms with E-state index in [0.29, 0.717) is 12.8 Å². The smallest absolute Gasteiger partial charge is 0.314 e. The second-order valence-corrected chi connectivity index (χ2v) is 5.70. The minimum absolute atomic E-state index is 0.192. The zero-order valence-corrected chi connectivity index (χ0v) is 11.1. The minimum Gasteiger partial charge on any atom is -0.487 e. The maximum Gasteiger partial charge on any atom is 0.314 e. The summed E-state index contributed by atoms with van der Waals surface area (Å²) in [6.45, 7) is 1.82. The largest absolute Gasteiger partial charge is 0.487 e. The highest BCUT2D eigenvalue weighted by atomic mass is 16.5. The lowest BCUT2D eigenvalue weighted by Crippen LogP contribution is -2.51. The molecule has 1 heterocycles. The van der Waals surface area contributed by atoms with E-state index < -0.39 is 11.4 Å². The van der Waals surface area contributed by atoms with Gasteiger partial charge in [-0.25, -0.2) is 0 Å². The van der Waals surface area contributed by atoms with E-state index in [1.165, 1.54) is 0 Å². The summed E-state index contributed by atoms with van der Waals surface area (Å²) in [5.41, 5.74) is 0.134. The van der Waals surface area contributed by atoms with Crippen LogP contribution in [0.2, 0.25) is 0 Å². The number of aliphatic carboxylic acids is 1. The number of likely N-dealkylation sites (N-methyl/N-ethyl adjacent to an activating group) is 1. The van der Waals surface area contributed by atoms with Crippen molar-refractivity contribution < 1.29 is 14.6 Å². The van der Waals surface area contributed by atoms with E-state index in [4.69, 9.17) is 4.74 Å². The molecule has 19 heavy (non-hydrogen) atoms. The van der Waals surface area contributed by atoms with Crippen LogP contribution in [0.3, 0.4) is 0 Å². The third kappa shape index (κ3) is 2.00. The summed E-state index contributed by atoms with van der Waals surface area (Å²) in [5, 5.41) is 9.55. The number of carboxylic acids is 1. The first-order valence-electron chi connectivity index (χ1n) is 6.80. The number of hydrogen-bond donors (Lipinski definition) is 1. The quantitative estimate of drug-likeness (QED) is 0.899. The molecule has 1 saturated carbocycles. The standard InChI is InChI=1S/C15H19NO3/c1-16-9-11(10-16)19-13-6-3-2-5-12(13)15(14(17)18)7-4-8-15/h2-3,5-6,11H,4,7-10H2,1H3,(H,17,18). The van der Waals surface area contributed by atoms with E-state index in [0.717, 1.165) is 30.8 Å². The Morgan fingerprint density at radius 3 is 2.58 bits per heavy atom. The van der Waals surface area contributed by atoms with Gasteiger partial charge in [0.05, 0.1) is 5.41 Å². The molecule has 1 aromatic rings. The zero-order valence-electron chi connectivity index (χ0n) is 11.1. The predicted octanol–water partition coefficient (Wildman–Crippen LogP) is 1.89. The molecule has 4 nitrogen and oxygen atoms in total. The summed E-state index contributed by atoms with van der Waals surface area (Å²) >= 11 is 0. The van der Waals surface area contributed by atoms with Crippen molar-refractivity contribution in [3.05, 3.63) is 29.8 Å². The average Bonchev–Trinajstić information content (AvgIpc) is 2.27. The monoisotopic (exact) mass is 261 g/mol. The van der Waals surface area contributed by atoms with Crippen LogP contribution in [-0.2, 0) is 10.2 Å². The van der Waals surface area contributed by atoms with Crippen molar-refractivity contribution in [2.24, 2.45) is 0 Å². The fourth-order valence-electron chi connectivity index (χ4n) is 2.99. The van der Waals surface area contributed by atoms with Crippen LogP contribution in [0.5, 0.6) is 5.75 Å². The molecule has 0 bridgehead atoms. The molecule has 0 atom stereocenters. The van der Waals surface area contributed by atoms with Gasteiger partial charge in [-0.2, -0.15) is 0 Å². The number of carbonyl (C=O) groups is 1. The molecule has 4 heteroatoms. The number of likely N-dealkylation sites (tertiary alicyclic amines) is 1. The number of benzene rings is 1. The molecule has 0 unspecified atom stereocenters. The fourth-order valence-corrected chi connectivity index (χ4v) is 2.99. The number of ether oxygens (including phenoxy) is 1. The maximum atomic E-state index is 11.6. The van der Waals surface area contributed by atoms with E-state index in [9.17, 15) is 9.90 Å². The van der Waals surface area contributed by atoms with Crippen molar-refractivity contribution in [1.82, 2.24) is 4.90 Å². The zero-order chi connectivity index (χ0) is 13.5. The van der Waals surface area contributed by atoms with Crippen LogP contribution >= 0.6 is 0 Å². The summed E-state index contributed by atoms with van der Waals surface area (Å²) in [5.74, 6) is 0.0308. The maximum absolute atomic E-state index is 11.6. The molecule has 1 N–H and O–H groups in total. The molecule has 0 spiro atoms. The van der Waals surface area contributed by atoms with Crippen molar-refractivity contribution in [1.29, 1.82) is 0 Å². The van der Waals surface area contributed by atoms with Crippen LogP contribution in [-0.4, -0.2) is 42.2 Å². The van der Waals surface area contributed by atoms with Crippen LogP contribution < -0.4 is 4.74 Å². The summed E-state index contributed by atoms with van der Waals surface area (Å²) < 4.78 is 5.98. The summed E-state index contributed by atoms with van der Waals surface area (Å²) in [7, 11) is 2.05. The highest BCUT2D eigenvalue weighted by Gasteiger charge is 2.47. The van der Waals surface area contributed by atoms with E-state index in [1.54, 1.807) is 0 Å². The van der Waals surface area contributed by atoms with Gasteiger partial charge in [0.1, 0.15) is 11.9 Å². The molecule has 1 aromatic carbocycles. The Balaban J connectivity index is 1.86. The molecule has 1 aliphatic carbocycles. The summed E-state index contributed by atoms with van der Waals surface area (Å²) in [6.07, 6.45) is 2.60. The Morgan fingerprint density at radius 1 is 1.37 bits per heavy atom. The second kappa shape index (κ2) is 4.53. The molecule has 0 amide bonds. The third-order valence-corrected chi connectivity index (χ3v) is 4.34. The Labute approximate surface area is 113 Å². The highest BCUT2D eigenvalue weighted by Crippen LogP contribution is 2.47. The van der Waals surface area contributed by atoms with Gasteiger partial charge in [0, 0.05) is 18.7 Å². The van der Waals surface area contributed by atoms with Gasteiger partial charge < -0.3 is 9.84 Å². The average molecular weight is 261 g/mol. The molecule has 0 aromatic heterocycles. The first-order chi connectivity index (χ1) is 9.12. The molecular weight excluding hydrogens is 242 g/mol. The molecule has 2 aliphatic rings. The van der Waals surface area contributed by atoms with Crippen molar-refractivity contribution >= 4 is 5.97 Å². The van der Waals surface area contributed by atoms with Gasteiger partial charge in [0.2, 0.25) is 0 Å². The van der Waals surface area contributed by atoms with E-state index in [1.807, 2.05) is 24.3 Å². The molecule has 0 radical (unpaired) electrons. The van der Waals surface area contributed by atoms with Gasteiger partial charge in [-0.15, -0.1) is 0 Å². The lowest BCUT2D eigenvalue weighted by atomic mass is 9.64. The Morgan fingerprint density at radius 2 is 2.05 bits per heavy atom. The first kappa shape index (κ1) is 12.5. The number of carboxylic acid groups (broad SMARTS) is 1. The fraction of sp³-hybridized carbons (Fsp3) is 0.533. The number of para-hydroxylation sites is 1. The lowest BCUT2D eigenvalue weighted by Gasteiger charge is -2.41. The Bertz CT molecular complexity index is 490. The lowest BCUT2D eigenvalue weighted by molar-refractivity contribution is -0.147. The van der Waals surface area contributed by atoms with E-state index in [-0.39, 0.29) is 6.10 Å². The number of hydrogen-bond acceptors (Lipinski definition) is 3. The predicted molar refractivity (Wildman–Crippen MR) is 71.5 cm³/mol. The number of nitrogens with zero attached hydrogens (tertiary/aromatic N) is 1. The van der Waals surface area contributed by atoms with Gasteiger partial charge in [-0.1, -0.05) is 24.6 Å². The van der Waals surface area contributed by atoms with Crippen LogP contribution in [0.15, 0.2) is 24.3 Å². The van der Waals surface area contributed by atoms with Crippen molar-refractivity contribution in [2.75, 3.05) is 20.1 Å². The van der Waals surface area contributed by atoms with Gasteiger partial charge in [-0.05, 0) is 26.0 Å². The van der Waals surface area contributed by atoms with Crippen molar-refractivity contribution in [3.8, 4) is 5.75 Å². The van der Waals surface area contributed by atoms with Gasteiger partial charge >= 0.3 is 5.97 Å². The Hall–Kier alpha value is -1.55. The van der Waals surface area contributed by atoms with Crippen LogP contribution in [0.25, 0.3) is 0 Å². The highest BCUT2D eigenvalue weighted by molar-refractivity contribution is 5.83. The first-order valence-corrected chi connectivity index (χ1v) is 6.80. The molecule has 2 fully saturated rings. The van der Waals surface area contributed by atoms with Crippen molar-refractivity contribution in [3.63, 3.8) is 0 Å². The van der Waals surface area contributed by atoms with Crippen LogP contribution in [0.4, 0.5) is 0 Å². The molecule has 3 rings (SSSR count). The normalized spacial score (nSPS) is 22.4. The summed E-state index contributed by atoms with van der Waals surface area (Å²) in [4.78, 5) is 13.8. The van der Waals surface area contributed by atoms with E-state index >= 15 is 0 Å². The molecule has 1 saturated heterocycles. The third-order valence-electron chi connectivity index (χ3n) is 4.34. The SMILES string of the molecule is CN1CC(Oc2ccccc2C2(C(=O)O)CCC2)C1. The topological polar surface area (TPSA) is 49.8 Å². The molecule has 102 valence electrons. The van der Waals surface area contributed by atoms with Gasteiger partial charge in [0.15, 0.2) is 0 Å². The van der Waals surface area contributed by atoms with Gasteiger partial charge in [-0.3, -0.25) is 9.69 Å². The molecule has 1 aliphatic heterocycles.